The van der Waals surface area contributed by atoms with Crippen molar-refractivity contribution >= 4 is 17.6 Å². The van der Waals surface area contributed by atoms with Gasteiger partial charge < -0.3 is 20.6 Å². The van der Waals surface area contributed by atoms with Gasteiger partial charge in [0.2, 0.25) is 5.95 Å². The fourth-order valence-electron chi connectivity index (χ4n) is 4.14. The van der Waals surface area contributed by atoms with Crippen molar-refractivity contribution in [1.82, 2.24) is 20.2 Å². The predicted molar refractivity (Wildman–Crippen MR) is 120 cm³/mol. The Balaban J connectivity index is 1.55. The van der Waals surface area contributed by atoms with Gasteiger partial charge in [-0.25, -0.2) is 4.98 Å². The van der Waals surface area contributed by atoms with Crippen LogP contribution in [0.1, 0.15) is 58.3 Å². The molecule has 8 nitrogen and oxygen atoms in total. The third kappa shape index (κ3) is 5.16. The number of anilines is 3. The van der Waals surface area contributed by atoms with E-state index in [0.717, 1.165) is 81.1 Å². The molecule has 0 atom stereocenters. The summed E-state index contributed by atoms with van der Waals surface area (Å²) < 4.78 is 0. The topological polar surface area (TPSA) is 99.1 Å². The quantitative estimate of drug-likeness (QED) is 0.568. The monoisotopic (exact) mass is 411 g/mol. The Labute approximate surface area is 178 Å². The minimum absolute atomic E-state index is 0.178. The van der Waals surface area contributed by atoms with Gasteiger partial charge in [0.25, 0.3) is 0 Å². The highest BCUT2D eigenvalue weighted by molar-refractivity contribution is 5.73. The van der Waals surface area contributed by atoms with Gasteiger partial charge in [-0.3, -0.25) is 0 Å². The third-order valence-corrected chi connectivity index (χ3v) is 6.00. The van der Waals surface area contributed by atoms with Crippen molar-refractivity contribution in [3.63, 3.8) is 0 Å². The Morgan fingerprint density at radius 3 is 2.60 bits per heavy atom. The van der Waals surface area contributed by atoms with Crippen molar-refractivity contribution in [3.8, 4) is 11.3 Å². The Hall–Kier alpha value is -2.48. The molecular formula is C22H33N7O. The van der Waals surface area contributed by atoms with Gasteiger partial charge >= 0.3 is 0 Å². The molecule has 0 unspecified atom stereocenters. The zero-order valence-corrected chi connectivity index (χ0v) is 17.8. The minimum atomic E-state index is -0.178. The Morgan fingerprint density at radius 2 is 1.90 bits per heavy atom. The molecule has 2 aromatic heterocycles. The molecule has 162 valence electrons. The fraction of sp³-hybridized carbons (Fsp3) is 0.636. The van der Waals surface area contributed by atoms with Gasteiger partial charge in [-0.1, -0.05) is 13.3 Å². The van der Waals surface area contributed by atoms with Gasteiger partial charge in [-0.05, 0) is 57.1 Å². The minimum Gasteiger partial charge on any atom is -0.393 e. The fourth-order valence-corrected chi connectivity index (χ4v) is 4.14. The highest BCUT2D eigenvalue weighted by Gasteiger charge is 2.22. The van der Waals surface area contributed by atoms with E-state index >= 15 is 0 Å². The summed E-state index contributed by atoms with van der Waals surface area (Å²) in [7, 11) is 0. The molecule has 2 aromatic rings. The van der Waals surface area contributed by atoms with E-state index in [0.29, 0.717) is 12.0 Å². The van der Waals surface area contributed by atoms with Crippen molar-refractivity contribution in [2.24, 2.45) is 0 Å². The molecule has 8 heteroatoms. The first kappa shape index (κ1) is 20.8. The molecule has 0 spiro atoms. The molecule has 1 aliphatic heterocycles. The maximum atomic E-state index is 9.82. The summed E-state index contributed by atoms with van der Waals surface area (Å²) in [4.78, 5) is 11.6. The van der Waals surface area contributed by atoms with E-state index in [1.54, 1.807) is 0 Å². The van der Waals surface area contributed by atoms with E-state index in [-0.39, 0.29) is 6.10 Å². The maximum Gasteiger partial charge on any atom is 0.224 e. The zero-order chi connectivity index (χ0) is 20.8. The maximum absolute atomic E-state index is 9.82. The molecule has 1 saturated heterocycles. The number of hydrogen-bond donors (Lipinski definition) is 3. The molecule has 1 saturated carbocycles. The normalized spacial score (nSPS) is 21.6. The average Bonchev–Trinajstić information content (AvgIpc) is 3.31. The number of rotatable bonds is 8. The first-order valence-electron chi connectivity index (χ1n) is 11.4. The molecule has 2 aliphatic rings. The second-order valence-corrected chi connectivity index (χ2v) is 8.36. The number of aliphatic hydroxyl groups is 1. The van der Waals surface area contributed by atoms with E-state index < -0.39 is 0 Å². The van der Waals surface area contributed by atoms with E-state index in [1.165, 1.54) is 12.8 Å². The largest absolute Gasteiger partial charge is 0.393 e. The molecule has 2 fully saturated rings. The predicted octanol–water partition coefficient (Wildman–Crippen LogP) is 3.46. The molecule has 3 N–H and O–H groups in total. The summed E-state index contributed by atoms with van der Waals surface area (Å²) in [6.07, 6.45) is 9.81. The molecule has 1 aliphatic carbocycles. The highest BCUT2D eigenvalue weighted by atomic mass is 16.3. The average molecular weight is 412 g/mol. The van der Waals surface area contributed by atoms with Gasteiger partial charge in [0.1, 0.15) is 5.82 Å². The molecule has 30 heavy (non-hydrogen) atoms. The lowest BCUT2D eigenvalue weighted by molar-refractivity contribution is 0.126. The van der Waals surface area contributed by atoms with Gasteiger partial charge in [-0.15, -0.1) is 10.2 Å². The second kappa shape index (κ2) is 10.0. The summed E-state index contributed by atoms with van der Waals surface area (Å²) in [5, 5.41) is 25.7. The molecule has 0 radical (unpaired) electrons. The van der Waals surface area contributed by atoms with Crippen molar-refractivity contribution < 1.29 is 5.11 Å². The van der Waals surface area contributed by atoms with Crippen molar-refractivity contribution in [1.29, 1.82) is 0 Å². The van der Waals surface area contributed by atoms with Crippen LogP contribution >= 0.6 is 0 Å². The van der Waals surface area contributed by atoms with Crippen LogP contribution in [0.3, 0.4) is 0 Å². The number of hydrogen-bond acceptors (Lipinski definition) is 8. The number of aromatic nitrogens is 4. The molecule has 0 amide bonds. The van der Waals surface area contributed by atoms with Crippen LogP contribution in [0.5, 0.6) is 0 Å². The van der Waals surface area contributed by atoms with E-state index in [1.807, 2.05) is 18.3 Å². The van der Waals surface area contributed by atoms with Crippen LogP contribution in [-0.2, 0) is 0 Å². The number of aliphatic hydroxyl groups excluding tert-OH is 1. The summed E-state index contributed by atoms with van der Waals surface area (Å²) in [5.41, 5.74) is 1.64. The molecular weight excluding hydrogens is 378 g/mol. The Bertz CT molecular complexity index is 800. The smallest absolute Gasteiger partial charge is 0.224 e. The lowest BCUT2D eigenvalue weighted by Gasteiger charge is -2.27. The number of unbranched alkanes of at least 4 members (excludes halogenated alkanes) is 1. The molecule has 0 aromatic carbocycles. The highest BCUT2D eigenvalue weighted by Crippen LogP contribution is 2.29. The van der Waals surface area contributed by atoms with Crippen molar-refractivity contribution in [3.05, 3.63) is 18.3 Å². The third-order valence-electron chi connectivity index (χ3n) is 6.00. The second-order valence-electron chi connectivity index (χ2n) is 8.36. The first-order valence-corrected chi connectivity index (χ1v) is 11.4. The molecule has 4 rings (SSSR count). The van der Waals surface area contributed by atoms with Gasteiger partial charge in [0, 0.05) is 31.9 Å². The van der Waals surface area contributed by atoms with E-state index in [9.17, 15) is 5.11 Å². The van der Waals surface area contributed by atoms with E-state index in [2.05, 4.69) is 37.6 Å². The van der Waals surface area contributed by atoms with Crippen molar-refractivity contribution in [2.45, 2.75) is 70.4 Å². The summed E-state index contributed by atoms with van der Waals surface area (Å²) in [6, 6.07) is 4.35. The molecule has 0 bridgehead atoms. The first-order chi connectivity index (χ1) is 14.7. The van der Waals surface area contributed by atoms with Crippen LogP contribution in [0.2, 0.25) is 0 Å². The van der Waals surface area contributed by atoms with Crippen LogP contribution < -0.4 is 15.5 Å². The van der Waals surface area contributed by atoms with Crippen LogP contribution in [0, 0.1) is 0 Å². The van der Waals surface area contributed by atoms with Crippen LogP contribution in [0.15, 0.2) is 18.3 Å². The summed E-state index contributed by atoms with van der Waals surface area (Å²) in [5.74, 6) is 2.35. The van der Waals surface area contributed by atoms with Crippen molar-refractivity contribution in [2.75, 3.05) is 35.2 Å². The van der Waals surface area contributed by atoms with Gasteiger partial charge in [-0.2, -0.15) is 4.98 Å². The van der Waals surface area contributed by atoms with Gasteiger partial charge in [0.15, 0.2) is 5.82 Å². The summed E-state index contributed by atoms with van der Waals surface area (Å²) >= 11 is 0. The van der Waals surface area contributed by atoms with E-state index in [4.69, 9.17) is 4.98 Å². The lowest BCUT2D eigenvalue weighted by atomic mass is 9.93. The zero-order valence-electron chi connectivity index (χ0n) is 17.8. The SMILES string of the molecule is CCCCNc1ncc(-c2ccc(N3CCCC3)nn2)c(NC2CCC(O)CC2)n1. The Morgan fingerprint density at radius 1 is 1.10 bits per heavy atom. The standard InChI is InChI=1S/C22H33N7O/c1-2-3-12-23-22-24-15-18(21(26-22)25-16-6-8-17(30)9-7-16)19-10-11-20(28-27-19)29-13-4-5-14-29/h10-11,15-17,30H,2-9,12-14H2,1H3,(H2,23,24,25,26). The lowest BCUT2D eigenvalue weighted by Crippen LogP contribution is -2.29. The number of nitrogens with zero attached hydrogens (tertiary/aromatic N) is 5. The van der Waals surface area contributed by atoms with Crippen LogP contribution in [0.4, 0.5) is 17.6 Å². The van der Waals surface area contributed by atoms with Crippen LogP contribution in [0.25, 0.3) is 11.3 Å². The summed E-state index contributed by atoms with van der Waals surface area (Å²) in [6.45, 7) is 5.13. The van der Waals surface area contributed by atoms with Crippen LogP contribution in [-0.4, -0.2) is 57.1 Å². The number of nitrogens with one attached hydrogen (secondary N) is 2. The van der Waals surface area contributed by atoms with Gasteiger partial charge in [0.05, 0.1) is 17.4 Å². The Kier molecular flexibility index (Phi) is 6.94. The molecule has 3 heterocycles.